The van der Waals surface area contributed by atoms with E-state index in [0.717, 1.165) is 5.56 Å². The highest BCUT2D eigenvalue weighted by molar-refractivity contribution is 7.71. The number of halogens is 1. The van der Waals surface area contributed by atoms with E-state index < -0.39 is 0 Å². The third-order valence-corrected chi connectivity index (χ3v) is 5.22. The van der Waals surface area contributed by atoms with Crippen molar-refractivity contribution in [3.63, 3.8) is 0 Å². The number of amides is 1. The number of hydrogen-bond donors (Lipinski definition) is 2. The Hall–Kier alpha value is -3.22. The number of aromatic amines is 1. The van der Waals surface area contributed by atoms with Gasteiger partial charge in [-0.3, -0.25) is 14.2 Å². The first kappa shape index (κ1) is 19.1. The van der Waals surface area contributed by atoms with Crippen LogP contribution in [0.15, 0.2) is 77.6 Å². The van der Waals surface area contributed by atoms with E-state index >= 15 is 0 Å². The van der Waals surface area contributed by atoms with E-state index in [1.165, 1.54) is 4.57 Å². The summed E-state index contributed by atoms with van der Waals surface area (Å²) >= 11 is 11.5. The smallest absolute Gasteiger partial charge is 0.266 e. The molecule has 1 aromatic heterocycles. The van der Waals surface area contributed by atoms with Crippen LogP contribution in [0.2, 0.25) is 5.02 Å². The molecule has 0 bridgehead atoms. The molecule has 0 saturated carbocycles. The molecule has 0 atom stereocenters. The van der Waals surface area contributed by atoms with Gasteiger partial charge in [0.05, 0.1) is 16.6 Å². The Labute approximate surface area is 176 Å². The van der Waals surface area contributed by atoms with E-state index in [-0.39, 0.29) is 16.2 Å². The van der Waals surface area contributed by atoms with Crippen LogP contribution in [0.5, 0.6) is 0 Å². The third kappa shape index (κ3) is 3.85. The van der Waals surface area contributed by atoms with Crippen molar-refractivity contribution in [1.29, 1.82) is 0 Å². The maximum Gasteiger partial charge on any atom is 0.266 e. The molecule has 5 nitrogen and oxygen atoms in total. The van der Waals surface area contributed by atoms with Gasteiger partial charge in [0, 0.05) is 17.1 Å². The summed E-state index contributed by atoms with van der Waals surface area (Å²) in [6.45, 7) is 0.308. The Morgan fingerprint density at radius 3 is 2.52 bits per heavy atom. The number of para-hydroxylation sites is 1. The monoisotopic (exact) mass is 421 g/mol. The molecular weight excluding hydrogens is 406 g/mol. The number of nitrogens with zero attached hydrogens (tertiary/aromatic N) is 1. The topological polar surface area (TPSA) is 66.9 Å². The molecule has 0 radical (unpaired) electrons. The van der Waals surface area contributed by atoms with Crippen LogP contribution in [-0.2, 0) is 6.54 Å². The van der Waals surface area contributed by atoms with Gasteiger partial charge in [-0.1, -0.05) is 48.0 Å². The van der Waals surface area contributed by atoms with Crippen molar-refractivity contribution in [2.24, 2.45) is 0 Å². The summed E-state index contributed by atoms with van der Waals surface area (Å²) < 4.78 is 1.71. The first-order valence-electron chi connectivity index (χ1n) is 8.91. The largest absolute Gasteiger partial charge is 0.348 e. The number of carbonyl (C=O) groups is 1. The second kappa shape index (κ2) is 8.03. The lowest BCUT2D eigenvalue weighted by Crippen LogP contribution is -2.24. The van der Waals surface area contributed by atoms with Crippen molar-refractivity contribution in [3.8, 4) is 5.69 Å². The van der Waals surface area contributed by atoms with Gasteiger partial charge in [-0.05, 0) is 54.2 Å². The van der Waals surface area contributed by atoms with Gasteiger partial charge < -0.3 is 10.3 Å². The van der Waals surface area contributed by atoms with Crippen molar-refractivity contribution in [2.75, 3.05) is 0 Å². The maximum atomic E-state index is 12.9. The molecular formula is C22H16ClN3O2S. The molecule has 3 aromatic carbocycles. The standard InChI is InChI=1S/C22H16ClN3O2S/c23-18-9-5-4-6-15(18)13-24-20(27)14-10-11-17-19(12-14)25-22(29)26(21(17)28)16-7-2-1-3-8-16/h1-12H,13H2,(H,24,27)(H,25,29). The minimum atomic E-state index is -0.265. The molecule has 29 heavy (non-hydrogen) atoms. The Bertz CT molecular complexity index is 1330. The van der Waals surface area contributed by atoms with Gasteiger partial charge >= 0.3 is 0 Å². The summed E-state index contributed by atoms with van der Waals surface area (Å²) in [5, 5.41) is 3.88. The van der Waals surface area contributed by atoms with Crippen LogP contribution in [-0.4, -0.2) is 15.5 Å². The lowest BCUT2D eigenvalue weighted by molar-refractivity contribution is 0.0951. The van der Waals surface area contributed by atoms with Gasteiger partial charge in [0.15, 0.2) is 4.77 Å². The number of carbonyl (C=O) groups excluding carboxylic acids is 1. The van der Waals surface area contributed by atoms with E-state index in [2.05, 4.69) is 10.3 Å². The molecule has 4 rings (SSSR count). The molecule has 1 heterocycles. The zero-order valence-electron chi connectivity index (χ0n) is 15.2. The van der Waals surface area contributed by atoms with E-state index in [0.29, 0.717) is 33.7 Å². The number of H-pyrrole nitrogens is 1. The van der Waals surface area contributed by atoms with Crippen LogP contribution >= 0.6 is 23.8 Å². The summed E-state index contributed by atoms with van der Waals surface area (Å²) in [4.78, 5) is 28.5. The molecule has 144 valence electrons. The van der Waals surface area contributed by atoms with Crippen LogP contribution in [0.1, 0.15) is 15.9 Å². The summed E-state index contributed by atoms with van der Waals surface area (Å²) in [6.07, 6.45) is 0. The van der Waals surface area contributed by atoms with E-state index in [1.54, 1.807) is 24.3 Å². The number of nitrogens with one attached hydrogen (secondary N) is 2. The lowest BCUT2D eigenvalue weighted by atomic mass is 10.1. The van der Waals surface area contributed by atoms with Crippen LogP contribution in [0, 0.1) is 4.77 Å². The molecule has 0 fully saturated rings. The summed E-state index contributed by atoms with van der Waals surface area (Å²) in [5.41, 5.74) is 2.21. The highest BCUT2D eigenvalue weighted by atomic mass is 35.5. The molecule has 2 N–H and O–H groups in total. The van der Waals surface area contributed by atoms with Gasteiger partial charge in [0.25, 0.3) is 11.5 Å². The second-order valence-electron chi connectivity index (χ2n) is 6.44. The van der Waals surface area contributed by atoms with Crippen LogP contribution < -0.4 is 10.9 Å². The number of fused-ring (bicyclic) bond motifs is 1. The number of hydrogen-bond acceptors (Lipinski definition) is 3. The quantitative estimate of drug-likeness (QED) is 0.472. The van der Waals surface area contributed by atoms with Crippen molar-refractivity contribution >= 4 is 40.6 Å². The number of aromatic nitrogens is 2. The average Bonchev–Trinajstić information content (AvgIpc) is 2.73. The molecule has 4 aromatic rings. The molecule has 7 heteroatoms. The van der Waals surface area contributed by atoms with Gasteiger partial charge in [-0.25, -0.2) is 0 Å². The highest BCUT2D eigenvalue weighted by Gasteiger charge is 2.11. The molecule has 0 aliphatic heterocycles. The molecule has 0 spiro atoms. The molecule has 0 saturated heterocycles. The van der Waals surface area contributed by atoms with Gasteiger partial charge in [0.2, 0.25) is 0 Å². The first-order valence-corrected chi connectivity index (χ1v) is 9.69. The van der Waals surface area contributed by atoms with Gasteiger partial charge in [0.1, 0.15) is 0 Å². The first-order chi connectivity index (χ1) is 14.0. The van der Waals surface area contributed by atoms with E-state index in [4.69, 9.17) is 23.8 Å². The Balaban J connectivity index is 1.66. The Morgan fingerprint density at radius 2 is 1.76 bits per heavy atom. The number of rotatable bonds is 4. The average molecular weight is 422 g/mol. The molecule has 0 aliphatic rings. The van der Waals surface area contributed by atoms with Gasteiger partial charge in [-0.2, -0.15) is 0 Å². The fourth-order valence-electron chi connectivity index (χ4n) is 3.09. The number of benzene rings is 3. The Kier molecular flexibility index (Phi) is 5.29. The molecule has 0 aliphatic carbocycles. The van der Waals surface area contributed by atoms with Crippen molar-refractivity contribution in [3.05, 3.63) is 104 Å². The third-order valence-electron chi connectivity index (χ3n) is 4.57. The fourth-order valence-corrected chi connectivity index (χ4v) is 3.59. The lowest BCUT2D eigenvalue weighted by Gasteiger charge is -2.10. The summed E-state index contributed by atoms with van der Waals surface area (Å²) in [6, 6.07) is 21.4. The second-order valence-corrected chi connectivity index (χ2v) is 7.23. The van der Waals surface area contributed by atoms with Crippen LogP contribution in [0.3, 0.4) is 0 Å². The minimum absolute atomic E-state index is 0.238. The normalized spacial score (nSPS) is 10.8. The summed E-state index contributed by atoms with van der Waals surface area (Å²) in [5.74, 6) is -0.265. The predicted octanol–water partition coefficient (Wildman–Crippen LogP) is 4.63. The zero-order chi connectivity index (χ0) is 20.4. The Morgan fingerprint density at radius 1 is 1.03 bits per heavy atom. The molecule has 1 amide bonds. The summed E-state index contributed by atoms with van der Waals surface area (Å²) in [7, 11) is 0. The van der Waals surface area contributed by atoms with Crippen molar-refractivity contribution < 1.29 is 4.79 Å². The predicted molar refractivity (Wildman–Crippen MR) is 117 cm³/mol. The molecule has 0 unspecified atom stereocenters. The van der Waals surface area contributed by atoms with Crippen LogP contribution in [0.4, 0.5) is 0 Å². The van der Waals surface area contributed by atoms with E-state index in [9.17, 15) is 9.59 Å². The zero-order valence-corrected chi connectivity index (χ0v) is 16.8. The van der Waals surface area contributed by atoms with Crippen molar-refractivity contribution in [2.45, 2.75) is 6.54 Å². The maximum absolute atomic E-state index is 12.9. The SMILES string of the molecule is O=C(NCc1ccccc1Cl)c1ccc2c(=O)n(-c3ccccc3)c(=S)[nH]c2c1. The highest BCUT2D eigenvalue weighted by Crippen LogP contribution is 2.16. The van der Waals surface area contributed by atoms with Gasteiger partial charge in [-0.15, -0.1) is 0 Å². The van der Waals surface area contributed by atoms with E-state index in [1.807, 2.05) is 48.5 Å². The van der Waals surface area contributed by atoms with Crippen molar-refractivity contribution in [1.82, 2.24) is 14.9 Å². The minimum Gasteiger partial charge on any atom is -0.348 e. The van der Waals surface area contributed by atoms with Crippen LogP contribution in [0.25, 0.3) is 16.6 Å². The fraction of sp³-hybridized carbons (Fsp3) is 0.0455.